The van der Waals surface area contributed by atoms with E-state index >= 15 is 0 Å². The molecule has 0 spiro atoms. The zero-order valence-electron chi connectivity index (χ0n) is 13.4. The Hall–Kier alpha value is -2.40. The first-order valence-corrected chi connectivity index (χ1v) is 8.07. The number of pyridine rings is 1. The van der Waals surface area contributed by atoms with Crippen molar-refractivity contribution in [1.82, 2.24) is 9.55 Å². The first-order valence-electron chi connectivity index (χ1n) is 7.69. The van der Waals surface area contributed by atoms with Gasteiger partial charge in [-0.2, -0.15) is 0 Å². The molecule has 124 valence electrons. The zero-order valence-corrected chi connectivity index (χ0v) is 14.1. The van der Waals surface area contributed by atoms with Gasteiger partial charge in [-0.1, -0.05) is 24.6 Å². The highest BCUT2D eigenvalue weighted by atomic mass is 35.5. The van der Waals surface area contributed by atoms with Gasteiger partial charge in [0.05, 0.1) is 5.02 Å². The predicted molar refractivity (Wildman–Crippen MR) is 93.7 cm³/mol. The molecule has 4 nitrogen and oxygen atoms in total. The average Bonchev–Trinajstić information content (AvgIpc) is 2.95. The highest BCUT2D eigenvalue weighted by Gasteiger charge is 2.17. The van der Waals surface area contributed by atoms with Gasteiger partial charge in [0.1, 0.15) is 17.2 Å². The van der Waals surface area contributed by atoms with E-state index in [4.69, 9.17) is 17.3 Å². The van der Waals surface area contributed by atoms with Crippen molar-refractivity contribution >= 4 is 28.5 Å². The predicted octanol–water partition coefficient (Wildman–Crippen LogP) is 4.57. The standard InChI is InChI=1S/C18H17ClFN3O/c1-3-10(2)23-9-13(11-4-6-14(19)15(20)8-11)12-5-7-16(17(21)24)22-18(12)23/h4-10H,3H2,1-2H3,(H2,21,24). The van der Waals surface area contributed by atoms with E-state index in [0.29, 0.717) is 11.2 Å². The molecule has 0 radical (unpaired) electrons. The monoisotopic (exact) mass is 345 g/mol. The van der Waals surface area contributed by atoms with Gasteiger partial charge in [0.2, 0.25) is 0 Å². The summed E-state index contributed by atoms with van der Waals surface area (Å²) in [6, 6.07) is 8.26. The molecule has 1 atom stereocenters. The number of hydrogen-bond acceptors (Lipinski definition) is 2. The highest BCUT2D eigenvalue weighted by Crippen LogP contribution is 2.33. The van der Waals surface area contributed by atoms with E-state index in [2.05, 4.69) is 18.8 Å². The van der Waals surface area contributed by atoms with Crippen molar-refractivity contribution < 1.29 is 9.18 Å². The van der Waals surface area contributed by atoms with Crippen molar-refractivity contribution in [1.29, 1.82) is 0 Å². The summed E-state index contributed by atoms with van der Waals surface area (Å²) in [5.41, 5.74) is 7.75. The smallest absolute Gasteiger partial charge is 0.267 e. The molecule has 0 saturated carbocycles. The van der Waals surface area contributed by atoms with Crippen molar-refractivity contribution in [2.75, 3.05) is 0 Å². The van der Waals surface area contributed by atoms with Crippen molar-refractivity contribution in [3.63, 3.8) is 0 Å². The number of fused-ring (bicyclic) bond motifs is 1. The summed E-state index contributed by atoms with van der Waals surface area (Å²) in [5.74, 6) is -1.05. The lowest BCUT2D eigenvalue weighted by molar-refractivity contribution is 0.0996. The van der Waals surface area contributed by atoms with Gasteiger partial charge in [-0.3, -0.25) is 4.79 Å². The van der Waals surface area contributed by atoms with Crippen molar-refractivity contribution in [2.24, 2.45) is 5.73 Å². The molecule has 6 heteroatoms. The number of primary amides is 1. The fourth-order valence-electron chi connectivity index (χ4n) is 2.69. The van der Waals surface area contributed by atoms with Crippen LogP contribution in [0.4, 0.5) is 4.39 Å². The van der Waals surface area contributed by atoms with Crippen molar-refractivity contribution in [3.8, 4) is 11.1 Å². The van der Waals surface area contributed by atoms with Gasteiger partial charge >= 0.3 is 0 Å². The number of halogens is 2. The van der Waals surface area contributed by atoms with E-state index < -0.39 is 11.7 Å². The molecule has 2 aromatic heterocycles. The minimum atomic E-state index is -0.576. The highest BCUT2D eigenvalue weighted by molar-refractivity contribution is 6.30. The number of carbonyl (C=O) groups excluding carboxylic acids is 1. The molecule has 0 aliphatic rings. The SMILES string of the molecule is CCC(C)n1cc(-c2ccc(Cl)c(F)c2)c2ccc(C(N)=O)nc21. The van der Waals surface area contributed by atoms with Crippen LogP contribution in [0.2, 0.25) is 5.02 Å². The largest absolute Gasteiger partial charge is 0.364 e. The van der Waals surface area contributed by atoms with Gasteiger partial charge in [0, 0.05) is 23.2 Å². The maximum atomic E-state index is 13.9. The Morgan fingerprint density at radius 2 is 2.12 bits per heavy atom. The van der Waals surface area contributed by atoms with E-state index in [1.54, 1.807) is 18.2 Å². The Kier molecular flexibility index (Phi) is 4.28. The lowest BCUT2D eigenvalue weighted by Crippen LogP contribution is -2.13. The molecule has 1 unspecified atom stereocenters. The molecule has 3 aromatic rings. The number of hydrogen-bond donors (Lipinski definition) is 1. The maximum absolute atomic E-state index is 13.9. The summed E-state index contributed by atoms with van der Waals surface area (Å²) in [7, 11) is 0. The molecule has 3 rings (SSSR count). The number of nitrogens with zero attached hydrogens (tertiary/aromatic N) is 2. The molecule has 1 aromatic carbocycles. The lowest BCUT2D eigenvalue weighted by Gasteiger charge is -2.12. The Morgan fingerprint density at radius 1 is 1.38 bits per heavy atom. The van der Waals surface area contributed by atoms with Crippen LogP contribution in [0, 0.1) is 5.82 Å². The molecule has 0 fully saturated rings. The molecule has 0 bridgehead atoms. The van der Waals surface area contributed by atoms with Crippen LogP contribution in [0.3, 0.4) is 0 Å². The molecular weight excluding hydrogens is 329 g/mol. The van der Waals surface area contributed by atoms with Gasteiger partial charge in [-0.15, -0.1) is 0 Å². The molecule has 0 aliphatic heterocycles. The van der Waals surface area contributed by atoms with Crippen LogP contribution in [0.1, 0.15) is 36.8 Å². The van der Waals surface area contributed by atoms with Crippen molar-refractivity contribution in [2.45, 2.75) is 26.3 Å². The van der Waals surface area contributed by atoms with Crippen LogP contribution in [0.15, 0.2) is 36.5 Å². The minimum Gasteiger partial charge on any atom is -0.364 e. The molecule has 0 saturated heterocycles. The first-order chi connectivity index (χ1) is 11.4. The van der Waals surface area contributed by atoms with Gasteiger partial charge in [-0.05, 0) is 43.2 Å². The summed E-state index contributed by atoms with van der Waals surface area (Å²) < 4.78 is 15.8. The molecule has 24 heavy (non-hydrogen) atoms. The second-order valence-corrected chi connectivity index (χ2v) is 6.18. The lowest BCUT2D eigenvalue weighted by atomic mass is 10.1. The van der Waals surface area contributed by atoms with E-state index in [0.717, 1.165) is 17.4 Å². The summed E-state index contributed by atoms with van der Waals surface area (Å²) >= 11 is 5.78. The van der Waals surface area contributed by atoms with Crippen LogP contribution in [-0.2, 0) is 0 Å². The zero-order chi connectivity index (χ0) is 17.4. The number of benzene rings is 1. The van der Waals surface area contributed by atoms with Crippen LogP contribution in [0.5, 0.6) is 0 Å². The Bertz CT molecular complexity index is 935. The summed E-state index contributed by atoms with van der Waals surface area (Å²) in [6.45, 7) is 4.13. The Morgan fingerprint density at radius 3 is 2.75 bits per heavy atom. The van der Waals surface area contributed by atoms with E-state index in [9.17, 15) is 9.18 Å². The summed E-state index contributed by atoms with van der Waals surface area (Å²) in [4.78, 5) is 15.8. The average molecular weight is 346 g/mol. The Balaban J connectivity index is 2.28. The second kappa shape index (κ2) is 6.24. The van der Waals surface area contributed by atoms with Crippen LogP contribution < -0.4 is 5.73 Å². The molecule has 2 heterocycles. The molecule has 0 aliphatic carbocycles. The number of rotatable bonds is 4. The number of amides is 1. The molecule has 2 N–H and O–H groups in total. The normalized spacial score (nSPS) is 12.5. The van der Waals surface area contributed by atoms with E-state index in [1.165, 1.54) is 12.1 Å². The van der Waals surface area contributed by atoms with Crippen LogP contribution in [0.25, 0.3) is 22.2 Å². The van der Waals surface area contributed by atoms with Gasteiger partial charge in [0.15, 0.2) is 0 Å². The Labute approximate surface area is 144 Å². The number of nitrogens with two attached hydrogens (primary N) is 1. The van der Waals surface area contributed by atoms with E-state index in [1.807, 2.05) is 10.8 Å². The van der Waals surface area contributed by atoms with Crippen LogP contribution >= 0.6 is 11.6 Å². The number of carbonyl (C=O) groups is 1. The minimum absolute atomic E-state index is 0.0820. The number of aromatic nitrogens is 2. The molecular formula is C18H17ClFN3O. The first kappa shape index (κ1) is 16.5. The molecule has 1 amide bonds. The van der Waals surface area contributed by atoms with Gasteiger partial charge in [0.25, 0.3) is 5.91 Å². The summed E-state index contributed by atoms with van der Waals surface area (Å²) in [6.07, 6.45) is 2.82. The third kappa shape index (κ3) is 2.76. The quantitative estimate of drug-likeness (QED) is 0.753. The van der Waals surface area contributed by atoms with Crippen molar-refractivity contribution in [3.05, 3.63) is 53.1 Å². The van der Waals surface area contributed by atoms with Gasteiger partial charge < -0.3 is 10.3 Å². The van der Waals surface area contributed by atoms with Gasteiger partial charge in [-0.25, -0.2) is 9.37 Å². The summed E-state index contributed by atoms with van der Waals surface area (Å²) in [5, 5.41) is 0.917. The third-order valence-corrected chi connectivity index (χ3v) is 4.53. The second-order valence-electron chi connectivity index (χ2n) is 5.77. The maximum Gasteiger partial charge on any atom is 0.267 e. The van der Waals surface area contributed by atoms with Crippen LogP contribution in [-0.4, -0.2) is 15.5 Å². The van der Waals surface area contributed by atoms with E-state index in [-0.39, 0.29) is 16.8 Å². The third-order valence-electron chi connectivity index (χ3n) is 4.23. The topological polar surface area (TPSA) is 60.9 Å². The fraction of sp³-hybridized carbons (Fsp3) is 0.222. The fourth-order valence-corrected chi connectivity index (χ4v) is 2.81.